The Morgan fingerprint density at radius 1 is 0.750 bits per heavy atom. The van der Waals surface area contributed by atoms with Gasteiger partial charge in [0.2, 0.25) is 0 Å². The summed E-state index contributed by atoms with van der Waals surface area (Å²) in [4.78, 5) is 13.3. The average Bonchev–Trinajstić information content (AvgIpc) is 3.31. The van der Waals surface area contributed by atoms with Crippen LogP contribution in [0.1, 0.15) is 135 Å². The van der Waals surface area contributed by atoms with E-state index >= 15 is 0 Å². The fourth-order valence-corrected chi connectivity index (χ4v) is 7.65. The van der Waals surface area contributed by atoms with Crippen LogP contribution in [0.3, 0.4) is 0 Å². The second kappa shape index (κ2) is 12.0. The Morgan fingerprint density at radius 3 is 1.88 bits per heavy atom. The van der Waals surface area contributed by atoms with E-state index in [0.717, 1.165) is 25.7 Å². The highest BCUT2D eigenvalue weighted by molar-refractivity contribution is 7.86. The first-order valence-electron chi connectivity index (χ1n) is 14.9. The molecule has 3 fully saturated rings. The van der Waals surface area contributed by atoms with Gasteiger partial charge in [0.1, 0.15) is 5.78 Å². The minimum Gasteiger partial charge on any atom is -0.299 e. The molecule has 2 aromatic rings. The zero-order valence-corrected chi connectivity index (χ0v) is 23.8. The molecule has 4 aliphatic carbocycles. The second-order valence-electron chi connectivity index (χ2n) is 12.0. The molecule has 0 radical (unpaired) electrons. The van der Waals surface area contributed by atoms with E-state index in [2.05, 4.69) is 30.3 Å². The molecule has 0 spiro atoms. The van der Waals surface area contributed by atoms with Crippen molar-refractivity contribution in [3.8, 4) is 11.1 Å². The van der Waals surface area contributed by atoms with E-state index in [4.69, 9.17) is 13.0 Å². The summed E-state index contributed by atoms with van der Waals surface area (Å²) in [5.41, 5.74) is 5.42. The molecule has 218 valence electrons. The summed E-state index contributed by atoms with van der Waals surface area (Å²) in [5.74, 6) is 2.07. The van der Waals surface area contributed by atoms with Crippen molar-refractivity contribution in [2.24, 2.45) is 0 Å². The number of benzene rings is 2. The summed E-state index contributed by atoms with van der Waals surface area (Å²) >= 11 is 0. The lowest BCUT2D eigenvalue weighted by Gasteiger charge is -2.36. The number of ketones is 1. The van der Waals surface area contributed by atoms with E-state index in [1.165, 1.54) is 92.9 Å². The van der Waals surface area contributed by atoms with Gasteiger partial charge in [-0.3, -0.25) is 9.35 Å². The van der Waals surface area contributed by atoms with Gasteiger partial charge in [-0.2, -0.15) is 21.6 Å². The van der Waals surface area contributed by atoms with Gasteiger partial charge >= 0.3 is 15.6 Å². The number of alkyl halides is 3. The van der Waals surface area contributed by atoms with Crippen LogP contribution in [-0.2, 0) is 21.3 Å². The molecule has 0 heterocycles. The van der Waals surface area contributed by atoms with Crippen molar-refractivity contribution in [3.63, 3.8) is 0 Å². The first-order valence-corrected chi connectivity index (χ1v) is 16.3. The smallest absolute Gasteiger partial charge is 0.299 e. The number of hydrogen-bond acceptors (Lipinski definition) is 3. The topological polar surface area (TPSA) is 71.4 Å². The van der Waals surface area contributed by atoms with Crippen molar-refractivity contribution < 1.29 is 30.9 Å². The van der Waals surface area contributed by atoms with Crippen molar-refractivity contribution in [1.82, 2.24) is 0 Å². The van der Waals surface area contributed by atoms with Gasteiger partial charge in [0.25, 0.3) is 0 Å². The van der Waals surface area contributed by atoms with Gasteiger partial charge in [0, 0.05) is 12.3 Å². The van der Waals surface area contributed by atoms with E-state index in [-0.39, 0.29) is 5.92 Å². The van der Waals surface area contributed by atoms with E-state index in [1.54, 1.807) is 16.7 Å². The molecule has 0 saturated heterocycles. The molecule has 4 nitrogen and oxygen atoms in total. The van der Waals surface area contributed by atoms with Crippen LogP contribution in [0, 0.1) is 0 Å². The molecule has 3 saturated carbocycles. The van der Waals surface area contributed by atoms with Gasteiger partial charge in [-0.15, -0.1) is 0 Å². The second-order valence-corrected chi connectivity index (χ2v) is 13.4. The molecular weight excluding hydrogens is 537 g/mol. The predicted molar refractivity (Wildman–Crippen MR) is 150 cm³/mol. The van der Waals surface area contributed by atoms with Gasteiger partial charge in [-0.05, 0) is 102 Å². The molecule has 4 aliphatic rings. The van der Waals surface area contributed by atoms with E-state index in [0.29, 0.717) is 17.6 Å². The van der Waals surface area contributed by atoms with Crippen LogP contribution in [-0.4, -0.2) is 24.3 Å². The van der Waals surface area contributed by atoms with Gasteiger partial charge < -0.3 is 0 Å². The predicted octanol–water partition coefficient (Wildman–Crippen LogP) is 8.97. The van der Waals surface area contributed by atoms with Crippen LogP contribution >= 0.6 is 0 Å². The van der Waals surface area contributed by atoms with Crippen LogP contribution in [0.4, 0.5) is 13.2 Å². The number of carbonyl (C=O) groups excluding carboxylic acids is 1. The summed E-state index contributed by atoms with van der Waals surface area (Å²) in [5, 5.41) is 0. The van der Waals surface area contributed by atoms with Crippen LogP contribution in [0.25, 0.3) is 11.1 Å². The van der Waals surface area contributed by atoms with E-state index in [1.807, 2.05) is 0 Å². The number of rotatable bonds is 3. The lowest BCUT2D eigenvalue weighted by atomic mass is 9.68. The Morgan fingerprint density at radius 2 is 1.30 bits per heavy atom. The average molecular weight is 577 g/mol. The molecule has 40 heavy (non-hydrogen) atoms. The van der Waals surface area contributed by atoms with Gasteiger partial charge in [-0.1, -0.05) is 69.2 Å². The van der Waals surface area contributed by atoms with E-state index in [9.17, 15) is 18.0 Å². The number of Topliss-reactive ketones (excluding diaryl/α,β-unsaturated/α-hetero) is 1. The number of fused-ring (bicyclic) bond motifs is 3. The number of carbonyl (C=O) groups is 1. The molecule has 1 N–H and O–H groups in total. The lowest BCUT2D eigenvalue weighted by molar-refractivity contribution is -0.121. The van der Waals surface area contributed by atoms with Crippen molar-refractivity contribution >= 4 is 15.9 Å². The summed E-state index contributed by atoms with van der Waals surface area (Å²) in [6.07, 6.45) is 18.9. The van der Waals surface area contributed by atoms with Gasteiger partial charge in [-0.25, -0.2) is 0 Å². The minimum absolute atomic E-state index is 0.154. The van der Waals surface area contributed by atoms with Crippen LogP contribution in [0.5, 0.6) is 0 Å². The molecule has 1 atom stereocenters. The molecule has 2 aromatic carbocycles. The number of hydrogen-bond donors (Lipinski definition) is 1. The molecule has 0 bridgehead atoms. The van der Waals surface area contributed by atoms with Gasteiger partial charge in [0.15, 0.2) is 0 Å². The first kappa shape index (κ1) is 29.3. The maximum Gasteiger partial charge on any atom is 0.522 e. The first-order chi connectivity index (χ1) is 19.1. The maximum absolute atomic E-state index is 13.3. The Balaban J connectivity index is 0.000000355. The van der Waals surface area contributed by atoms with Crippen LogP contribution in [0.2, 0.25) is 0 Å². The highest BCUT2D eigenvalue weighted by Crippen LogP contribution is 2.52. The monoisotopic (exact) mass is 576 g/mol. The largest absolute Gasteiger partial charge is 0.522 e. The molecule has 6 rings (SSSR count). The zero-order chi connectivity index (χ0) is 28.5. The highest BCUT2D eigenvalue weighted by atomic mass is 32.2. The standard InChI is InChI=1S/C31H38O.CHF3O3S/c32-29-18-10-9-17-25(29)28-20-26-24-16-8-7-15-23(24)19-27(26)30(21-11-3-1-4-12-21)31(28)22-13-5-2-6-14-22;2-1(3,4)8(5,6)7/h7-8,15-16,20-22,25H,1-6,9-14,17-19H2;(H,5,6,7). The van der Waals surface area contributed by atoms with Crippen molar-refractivity contribution in [3.05, 3.63) is 58.1 Å². The van der Waals surface area contributed by atoms with Gasteiger partial charge in [0.05, 0.1) is 0 Å². The Kier molecular flexibility index (Phi) is 8.77. The molecule has 8 heteroatoms. The van der Waals surface area contributed by atoms with Crippen molar-refractivity contribution in [2.75, 3.05) is 0 Å². The normalized spacial score (nSPS) is 22.3. The summed E-state index contributed by atoms with van der Waals surface area (Å²) in [6.45, 7) is 0. The zero-order valence-electron chi connectivity index (χ0n) is 22.9. The Labute approximate surface area is 235 Å². The fourth-order valence-electron chi connectivity index (χ4n) is 7.65. The van der Waals surface area contributed by atoms with Crippen molar-refractivity contribution in [2.45, 2.75) is 120 Å². The van der Waals surface area contributed by atoms with Crippen LogP contribution < -0.4 is 0 Å². The SMILES string of the molecule is O=C1CCCCC1c1cc2c(c(C3CCCCC3)c1C1CCCCC1)Cc1ccccc1-2.O=S(=O)(O)C(F)(F)F. The fraction of sp³-hybridized carbons (Fsp3) is 0.594. The summed E-state index contributed by atoms with van der Waals surface area (Å²) in [7, 11) is -5.84. The van der Waals surface area contributed by atoms with Crippen molar-refractivity contribution in [1.29, 1.82) is 0 Å². The summed E-state index contributed by atoms with van der Waals surface area (Å²) in [6, 6.07) is 11.6. The third kappa shape index (κ3) is 6.03. The highest BCUT2D eigenvalue weighted by Gasteiger charge is 2.44. The molecule has 1 unspecified atom stereocenters. The third-order valence-electron chi connectivity index (χ3n) is 9.48. The molecule has 0 aliphatic heterocycles. The van der Waals surface area contributed by atoms with Crippen LogP contribution in [0.15, 0.2) is 30.3 Å². The maximum atomic E-state index is 13.3. The molecule has 0 amide bonds. The quantitative estimate of drug-likeness (QED) is 0.250. The Bertz CT molecular complexity index is 1340. The summed E-state index contributed by atoms with van der Waals surface area (Å²) < 4.78 is 57.5. The molecule has 0 aromatic heterocycles. The Hall–Kier alpha value is -2.19. The van der Waals surface area contributed by atoms with E-state index < -0.39 is 15.6 Å². The number of halogens is 3. The third-order valence-corrected chi connectivity index (χ3v) is 10.1. The minimum atomic E-state index is -5.84. The lowest BCUT2D eigenvalue weighted by Crippen LogP contribution is -2.23. The molecular formula is C32H39F3O4S.